The average Bonchev–Trinajstić information content (AvgIpc) is 2.88. The van der Waals surface area contributed by atoms with Gasteiger partial charge in [0.2, 0.25) is 0 Å². The predicted octanol–water partition coefficient (Wildman–Crippen LogP) is 4.34. The zero-order chi connectivity index (χ0) is 15.1. The third kappa shape index (κ3) is 4.42. The van der Waals surface area contributed by atoms with Crippen molar-refractivity contribution in [1.29, 1.82) is 0 Å². The topological polar surface area (TPSA) is 29.9 Å². The highest BCUT2D eigenvalue weighted by Crippen LogP contribution is 2.27. The van der Waals surface area contributed by atoms with Crippen LogP contribution in [0.25, 0.3) is 0 Å². The lowest BCUT2D eigenvalue weighted by Gasteiger charge is -2.20. The Kier molecular flexibility index (Phi) is 6.46. The van der Waals surface area contributed by atoms with E-state index in [1.807, 2.05) is 6.20 Å². The first kappa shape index (κ1) is 16.2. The van der Waals surface area contributed by atoms with Crippen LogP contribution in [0.2, 0.25) is 0 Å². The summed E-state index contributed by atoms with van der Waals surface area (Å²) < 4.78 is 3.19. The second-order valence-electron chi connectivity index (χ2n) is 5.18. The van der Waals surface area contributed by atoms with Crippen LogP contribution in [0.1, 0.15) is 44.0 Å². The number of aromatic nitrogens is 2. The molecule has 1 heterocycles. The lowest BCUT2D eigenvalue weighted by molar-refractivity contribution is 0.454. The van der Waals surface area contributed by atoms with Crippen molar-refractivity contribution < 1.29 is 0 Å². The van der Waals surface area contributed by atoms with Crippen molar-refractivity contribution in [2.24, 2.45) is 0 Å². The maximum atomic E-state index is 4.43. The minimum Gasteiger partial charge on any atom is -0.309 e. The van der Waals surface area contributed by atoms with Crippen molar-refractivity contribution in [1.82, 2.24) is 15.1 Å². The lowest BCUT2D eigenvalue weighted by Crippen LogP contribution is -2.24. The first-order chi connectivity index (χ1) is 10.3. The van der Waals surface area contributed by atoms with Crippen LogP contribution in [-0.2, 0) is 13.0 Å². The van der Waals surface area contributed by atoms with Gasteiger partial charge in [0.05, 0.1) is 22.4 Å². The third-order valence-electron chi connectivity index (χ3n) is 3.71. The number of rotatable bonds is 8. The highest BCUT2D eigenvalue weighted by molar-refractivity contribution is 9.10. The molecule has 1 aromatic carbocycles. The Morgan fingerprint density at radius 2 is 2.00 bits per heavy atom. The minimum absolute atomic E-state index is 0.357. The van der Waals surface area contributed by atoms with E-state index in [4.69, 9.17) is 0 Å². The van der Waals surface area contributed by atoms with Gasteiger partial charge in [-0.3, -0.25) is 4.68 Å². The van der Waals surface area contributed by atoms with Crippen molar-refractivity contribution in [2.75, 3.05) is 6.54 Å². The van der Waals surface area contributed by atoms with Gasteiger partial charge in [0.1, 0.15) is 0 Å². The van der Waals surface area contributed by atoms with Gasteiger partial charge in [-0.2, -0.15) is 5.10 Å². The molecule has 0 saturated heterocycles. The molecule has 0 amide bonds. The smallest absolute Gasteiger partial charge is 0.0695 e. The van der Waals surface area contributed by atoms with Crippen LogP contribution in [0.3, 0.4) is 0 Å². The van der Waals surface area contributed by atoms with Crippen LogP contribution < -0.4 is 5.32 Å². The number of halogens is 1. The van der Waals surface area contributed by atoms with E-state index < -0.39 is 0 Å². The molecule has 0 aliphatic carbocycles. The Labute approximate surface area is 135 Å². The molecule has 0 saturated carbocycles. The molecule has 114 valence electrons. The van der Waals surface area contributed by atoms with Crippen LogP contribution in [0.5, 0.6) is 0 Å². The number of hydrogen-bond donors (Lipinski definition) is 1. The largest absolute Gasteiger partial charge is 0.309 e. The number of nitrogens with zero attached hydrogens (tertiary/aromatic N) is 2. The normalized spacial score (nSPS) is 12.5. The van der Waals surface area contributed by atoms with Crippen molar-refractivity contribution >= 4 is 15.9 Å². The SMILES string of the molecule is CCNC(CCCc1ccccc1)c1c(Br)cnn1CC. The van der Waals surface area contributed by atoms with Crippen LogP contribution in [0.15, 0.2) is 41.0 Å². The monoisotopic (exact) mass is 349 g/mol. The molecule has 0 bridgehead atoms. The molecule has 0 aliphatic rings. The minimum atomic E-state index is 0.357. The molecule has 2 rings (SSSR count). The molecule has 0 aliphatic heterocycles. The van der Waals surface area contributed by atoms with Crippen LogP contribution in [0.4, 0.5) is 0 Å². The maximum absolute atomic E-state index is 4.43. The molecule has 0 radical (unpaired) electrons. The van der Waals surface area contributed by atoms with E-state index in [2.05, 4.69) is 75.2 Å². The van der Waals surface area contributed by atoms with E-state index >= 15 is 0 Å². The van der Waals surface area contributed by atoms with Crippen molar-refractivity contribution in [3.05, 3.63) is 52.3 Å². The summed E-state index contributed by atoms with van der Waals surface area (Å²) in [4.78, 5) is 0. The molecule has 0 spiro atoms. The molecule has 1 aromatic heterocycles. The zero-order valence-electron chi connectivity index (χ0n) is 12.8. The van der Waals surface area contributed by atoms with E-state index in [-0.39, 0.29) is 0 Å². The summed E-state index contributed by atoms with van der Waals surface area (Å²) in [6, 6.07) is 11.1. The van der Waals surface area contributed by atoms with Gasteiger partial charge >= 0.3 is 0 Å². The summed E-state index contributed by atoms with van der Waals surface area (Å²) >= 11 is 3.64. The van der Waals surface area contributed by atoms with Gasteiger partial charge in [-0.25, -0.2) is 0 Å². The summed E-state index contributed by atoms with van der Waals surface area (Å²) in [7, 11) is 0. The van der Waals surface area contributed by atoms with Gasteiger partial charge in [-0.05, 0) is 54.2 Å². The summed E-state index contributed by atoms with van der Waals surface area (Å²) in [6.07, 6.45) is 5.32. The highest BCUT2D eigenvalue weighted by atomic mass is 79.9. The van der Waals surface area contributed by atoms with Gasteiger partial charge in [0, 0.05) is 6.54 Å². The molecule has 1 unspecified atom stereocenters. The Hall–Kier alpha value is -1.13. The van der Waals surface area contributed by atoms with Crippen molar-refractivity contribution in [3.63, 3.8) is 0 Å². The first-order valence-corrected chi connectivity index (χ1v) is 8.54. The molecule has 1 N–H and O–H groups in total. The Morgan fingerprint density at radius 3 is 2.67 bits per heavy atom. The number of hydrogen-bond acceptors (Lipinski definition) is 2. The average molecular weight is 350 g/mol. The third-order valence-corrected chi connectivity index (χ3v) is 4.33. The molecule has 4 heteroatoms. The van der Waals surface area contributed by atoms with Gasteiger partial charge in [-0.1, -0.05) is 37.3 Å². The Bertz CT molecular complexity index is 536. The molecular formula is C17H24BrN3. The molecular weight excluding hydrogens is 326 g/mol. The Balaban J connectivity index is 2.00. The van der Waals surface area contributed by atoms with Crippen LogP contribution >= 0.6 is 15.9 Å². The fraction of sp³-hybridized carbons (Fsp3) is 0.471. The number of benzene rings is 1. The lowest BCUT2D eigenvalue weighted by atomic mass is 10.0. The van der Waals surface area contributed by atoms with Crippen LogP contribution in [0, 0.1) is 0 Å². The standard InChI is InChI=1S/C17H24BrN3/c1-3-19-16(17-15(18)13-20-21(17)4-2)12-8-11-14-9-6-5-7-10-14/h5-7,9-10,13,16,19H,3-4,8,11-12H2,1-2H3. The van der Waals surface area contributed by atoms with E-state index in [0.717, 1.165) is 30.4 Å². The molecule has 1 atom stereocenters. The van der Waals surface area contributed by atoms with Crippen molar-refractivity contribution in [2.45, 2.75) is 45.7 Å². The fourth-order valence-corrected chi connectivity index (χ4v) is 3.28. The molecule has 3 nitrogen and oxygen atoms in total. The fourth-order valence-electron chi connectivity index (χ4n) is 2.71. The van der Waals surface area contributed by atoms with Gasteiger partial charge in [-0.15, -0.1) is 0 Å². The van der Waals surface area contributed by atoms with E-state index in [1.165, 1.54) is 17.7 Å². The second-order valence-corrected chi connectivity index (χ2v) is 6.04. The van der Waals surface area contributed by atoms with Gasteiger partial charge in [0.25, 0.3) is 0 Å². The molecule has 2 aromatic rings. The molecule has 0 fully saturated rings. The number of nitrogens with one attached hydrogen (secondary N) is 1. The predicted molar refractivity (Wildman–Crippen MR) is 91.4 cm³/mol. The zero-order valence-corrected chi connectivity index (χ0v) is 14.4. The van der Waals surface area contributed by atoms with E-state index in [9.17, 15) is 0 Å². The van der Waals surface area contributed by atoms with Gasteiger partial charge < -0.3 is 5.32 Å². The maximum Gasteiger partial charge on any atom is 0.0695 e. The highest BCUT2D eigenvalue weighted by Gasteiger charge is 2.18. The second kappa shape index (κ2) is 8.35. The van der Waals surface area contributed by atoms with Crippen LogP contribution in [-0.4, -0.2) is 16.3 Å². The van der Waals surface area contributed by atoms with E-state index in [1.54, 1.807) is 0 Å². The van der Waals surface area contributed by atoms with Gasteiger partial charge in [0.15, 0.2) is 0 Å². The van der Waals surface area contributed by atoms with Crippen molar-refractivity contribution in [3.8, 4) is 0 Å². The summed E-state index contributed by atoms with van der Waals surface area (Å²) in [5.41, 5.74) is 2.68. The Morgan fingerprint density at radius 1 is 1.24 bits per heavy atom. The summed E-state index contributed by atoms with van der Waals surface area (Å²) in [6.45, 7) is 6.17. The summed E-state index contributed by atoms with van der Waals surface area (Å²) in [5.74, 6) is 0. The molecule has 21 heavy (non-hydrogen) atoms. The first-order valence-electron chi connectivity index (χ1n) is 7.74. The summed E-state index contributed by atoms with van der Waals surface area (Å²) in [5, 5.41) is 8.03. The number of aryl methyl sites for hydroxylation is 2. The van der Waals surface area contributed by atoms with E-state index in [0.29, 0.717) is 6.04 Å². The quantitative estimate of drug-likeness (QED) is 0.768.